The third-order valence-electron chi connectivity index (χ3n) is 3.33. The van der Waals surface area contributed by atoms with Gasteiger partial charge in [-0.1, -0.05) is 22.9 Å². The van der Waals surface area contributed by atoms with Crippen LogP contribution >= 0.6 is 15.9 Å². The summed E-state index contributed by atoms with van der Waals surface area (Å²) in [6, 6.07) is 8.11. The number of rotatable bonds is 2. The van der Waals surface area contributed by atoms with Crippen LogP contribution in [0.1, 0.15) is 25.2 Å². The molecule has 18 heavy (non-hydrogen) atoms. The predicted octanol–water partition coefficient (Wildman–Crippen LogP) is 3.63. The highest BCUT2D eigenvalue weighted by atomic mass is 79.9. The minimum absolute atomic E-state index is 0.0230. The van der Waals surface area contributed by atoms with Crippen LogP contribution in [0.25, 0.3) is 11.0 Å². The van der Waals surface area contributed by atoms with Gasteiger partial charge in [-0.15, -0.1) is 0 Å². The Hall–Kier alpha value is -0.840. The Bertz CT molecular complexity index is 552. The molecule has 0 spiro atoms. The molecule has 1 fully saturated rings. The summed E-state index contributed by atoms with van der Waals surface area (Å²) in [5.41, 5.74) is 0.912. The van der Waals surface area contributed by atoms with Crippen LogP contribution in [0.2, 0.25) is 0 Å². The third kappa shape index (κ3) is 2.32. The normalized spacial score (nSPS) is 24.6. The van der Waals surface area contributed by atoms with Crippen molar-refractivity contribution in [2.24, 2.45) is 0 Å². The number of hydrogen-bond donors (Lipinski definition) is 1. The average Bonchev–Trinajstić information content (AvgIpc) is 2.81. The lowest BCUT2D eigenvalue weighted by atomic mass is 10.1. The maximum Gasteiger partial charge on any atom is 0.135 e. The molecule has 96 valence electrons. The van der Waals surface area contributed by atoms with Crippen LogP contribution in [0, 0.1) is 0 Å². The van der Waals surface area contributed by atoms with Gasteiger partial charge >= 0.3 is 0 Å². The average molecular weight is 310 g/mol. The largest absolute Gasteiger partial charge is 0.458 e. The van der Waals surface area contributed by atoms with Crippen LogP contribution in [0.15, 0.2) is 33.2 Å². The number of fused-ring (bicyclic) bond motifs is 1. The van der Waals surface area contributed by atoms with Crippen molar-refractivity contribution >= 4 is 26.9 Å². The smallest absolute Gasteiger partial charge is 0.135 e. The van der Waals surface area contributed by atoms with Gasteiger partial charge in [-0.3, -0.25) is 0 Å². The fourth-order valence-corrected chi connectivity index (χ4v) is 2.68. The summed E-state index contributed by atoms with van der Waals surface area (Å²) in [7, 11) is 0. The van der Waals surface area contributed by atoms with Crippen molar-refractivity contribution in [3.05, 3.63) is 34.5 Å². The zero-order chi connectivity index (χ0) is 12.5. The second kappa shape index (κ2) is 5.03. The Morgan fingerprint density at radius 3 is 3.06 bits per heavy atom. The number of morpholine rings is 1. The molecule has 2 atom stereocenters. The van der Waals surface area contributed by atoms with E-state index >= 15 is 0 Å². The van der Waals surface area contributed by atoms with Crippen molar-refractivity contribution in [2.75, 3.05) is 13.1 Å². The Kier molecular flexibility index (Phi) is 3.41. The fourth-order valence-electron chi connectivity index (χ4n) is 2.31. The molecule has 1 aromatic heterocycles. The molecule has 1 saturated heterocycles. The van der Waals surface area contributed by atoms with Gasteiger partial charge in [-0.2, -0.15) is 0 Å². The van der Waals surface area contributed by atoms with Gasteiger partial charge in [0.25, 0.3) is 0 Å². The van der Waals surface area contributed by atoms with Crippen LogP contribution in [0.5, 0.6) is 0 Å². The molecule has 1 N–H and O–H groups in total. The molecule has 0 aliphatic carbocycles. The van der Waals surface area contributed by atoms with Gasteiger partial charge in [0.15, 0.2) is 0 Å². The number of furan rings is 1. The second-order valence-electron chi connectivity index (χ2n) is 4.64. The first-order valence-corrected chi connectivity index (χ1v) is 7.10. The topological polar surface area (TPSA) is 34.4 Å². The Balaban J connectivity index is 1.89. The van der Waals surface area contributed by atoms with Crippen molar-refractivity contribution in [3.63, 3.8) is 0 Å². The lowest BCUT2D eigenvalue weighted by molar-refractivity contribution is -0.0489. The van der Waals surface area contributed by atoms with E-state index in [1.54, 1.807) is 0 Å². The van der Waals surface area contributed by atoms with E-state index in [0.717, 1.165) is 40.7 Å². The van der Waals surface area contributed by atoms with E-state index in [1.165, 1.54) is 0 Å². The van der Waals surface area contributed by atoms with Gasteiger partial charge in [0.05, 0.1) is 6.10 Å². The molecule has 0 radical (unpaired) electrons. The van der Waals surface area contributed by atoms with E-state index in [1.807, 2.05) is 12.1 Å². The first-order chi connectivity index (χ1) is 8.76. The Morgan fingerprint density at radius 1 is 1.33 bits per heavy atom. The standard InChI is InChI=1S/C14H16BrNO2/c1-2-11-7-16-8-14(17-11)13-6-9-5-10(15)3-4-12(9)18-13/h3-6,11,14,16H,2,7-8H2,1H3. The SMILES string of the molecule is CCC1CNCC(c2cc3cc(Br)ccc3o2)O1. The van der Waals surface area contributed by atoms with E-state index < -0.39 is 0 Å². The molecule has 0 saturated carbocycles. The Morgan fingerprint density at radius 2 is 2.22 bits per heavy atom. The molecule has 1 aliphatic rings. The van der Waals surface area contributed by atoms with E-state index in [-0.39, 0.29) is 12.2 Å². The van der Waals surface area contributed by atoms with Crippen molar-refractivity contribution in [3.8, 4) is 0 Å². The van der Waals surface area contributed by atoms with Gasteiger partial charge in [0, 0.05) is 22.9 Å². The summed E-state index contributed by atoms with van der Waals surface area (Å²) in [4.78, 5) is 0. The summed E-state index contributed by atoms with van der Waals surface area (Å²) in [6.07, 6.45) is 1.33. The van der Waals surface area contributed by atoms with E-state index in [4.69, 9.17) is 9.15 Å². The van der Waals surface area contributed by atoms with Crippen LogP contribution in [-0.4, -0.2) is 19.2 Å². The predicted molar refractivity (Wildman–Crippen MR) is 74.7 cm³/mol. The van der Waals surface area contributed by atoms with Gasteiger partial charge in [0.1, 0.15) is 17.4 Å². The molecule has 3 rings (SSSR count). The second-order valence-corrected chi connectivity index (χ2v) is 5.56. The van der Waals surface area contributed by atoms with E-state index in [2.05, 4.69) is 40.3 Å². The summed E-state index contributed by atoms with van der Waals surface area (Å²) in [6.45, 7) is 3.89. The first kappa shape index (κ1) is 12.2. The van der Waals surface area contributed by atoms with Gasteiger partial charge in [-0.25, -0.2) is 0 Å². The number of halogens is 1. The molecule has 2 unspecified atom stereocenters. The summed E-state index contributed by atoms with van der Waals surface area (Å²) < 4.78 is 12.9. The minimum atomic E-state index is 0.0230. The lowest BCUT2D eigenvalue weighted by Crippen LogP contribution is -2.40. The Labute approximate surface area is 115 Å². The minimum Gasteiger partial charge on any atom is -0.458 e. The third-order valence-corrected chi connectivity index (χ3v) is 3.82. The monoisotopic (exact) mass is 309 g/mol. The fraction of sp³-hybridized carbons (Fsp3) is 0.429. The maximum atomic E-state index is 6.01. The van der Waals surface area contributed by atoms with Crippen LogP contribution in [-0.2, 0) is 4.74 Å². The molecule has 1 aromatic carbocycles. The molecule has 0 bridgehead atoms. The zero-order valence-corrected chi connectivity index (χ0v) is 11.9. The summed E-state index contributed by atoms with van der Waals surface area (Å²) in [5, 5.41) is 4.51. The molecular formula is C14H16BrNO2. The number of nitrogens with one attached hydrogen (secondary N) is 1. The van der Waals surface area contributed by atoms with Gasteiger partial charge < -0.3 is 14.5 Å². The van der Waals surface area contributed by atoms with Crippen molar-refractivity contribution in [2.45, 2.75) is 25.6 Å². The van der Waals surface area contributed by atoms with Gasteiger partial charge in [0.2, 0.25) is 0 Å². The number of ether oxygens (including phenoxy) is 1. The van der Waals surface area contributed by atoms with Crippen LogP contribution < -0.4 is 5.32 Å². The molecule has 4 heteroatoms. The highest BCUT2D eigenvalue weighted by Gasteiger charge is 2.24. The quantitative estimate of drug-likeness (QED) is 0.920. The van der Waals surface area contributed by atoms with E-state index in [0.29, 0.717) is 0 Å². The highest BCUT2D eigenvalue weighted by molar-refractivity contribution is 9.10. The van der Waals surface area contributed by atoms with Crippen LogP contribution in [0.4, 0.5) is 0 Å². The molecule has 3 nitrogen and oxygen atoms in total. The first-order valence-electron chi connectivity index (χ1n) is 6.31. The molecule has 2 heterocycles. The molecule has 1 aliphatic heterocycles. The maximum absolute atomic E-state index is 6.01. The lowest BCUT2D eigenvalue weighted by Gasteiger charge is -2.28. The molecule has 0 amide bonds. The van der Waals surface area contributed by atoms with Crippen LogP contribution in [0.3, 0.4) is 0 Å². The summed E-state index contributed by atoms with van der Waals surface area (Å²) in [5.74, 6) is 0.911. The van der Waals surface area contributed by atoms with Crippen molar-refractivity contribution in [1.29, 1.82) is 0 Å². The summed E-state index contributed by atoms with van der Waals surface area (Å²) >= 11 is 3.47. The van der Waals surface area contributed by atoms with Crippen molar-refractivity contribution < 1.29 is 9.15 Å². The molecule has 2 aromatic rings. The van der Waals surface area contributed by atoms with E-state index in [9.17, 15) is 0 Å². The van der Waals surface area contributed by atoms with Crippen molar-refractivity contribution in [1.82, 2.24) is 5.32 Å². The van der Waals surface area contributed by atoms with Gasteiger partial charge in [-0.05, 0) is 30.7 Å². The zero-order valence-electron chi connectivity index (χ0n) is 10.3. The number of benzene rings is 1. The molecular weight excluding hydrogens is 294 g/mol. The number of hydrogen-bond acceptors (Lipinski definition) is 3. The highest BCUT2D eigenvalue weighted by Crippen LogP contribution is 2.30.